The van der Waals surface area contributed by atoms with E-state index in [2.05, 4.69) is 9.97 Å². The molecular formula is C21H25N3O4. The largest absolute Gasteiger partial charge is 0.508 e. The van der Waals surface area contributed by atoms with E-state index in [0.717, 1.165) is 25.0 Å². The number of nitrogens with zero attached hydrogens (tertiary/aromatic N) is 3. The lowest BCUT2D eigenvalue weighted by molar-refractivity contribution is -0.166. The van der Waals surface area contributed by atoms with Gasteiger partial charge in [0, 0.05) is 18.4 Å². The van der Waals surface area contributed by atoms with Crippen molar-refractivity contribution in [3.63, 3.8) is 0 Å². The van der Waals surface area contributed by atoms with E-state index in [4.69, 9.17) is 9.47 Å². The molecule has 2 aliphatic rings. The summed E-state index contributed by atoms with van der Waals surface area (Å²) in [7, 11) is 0. The van der Waals surface area contributed by atoms with E-state index in [1.807, 2.05) is 6.92 Å². The molecule has 4 rings (SSSR count). The molecule has 1 aromatic heterocycles. The SMILES string of the molecule is Cc1cncc(OCC[C@H]2CCOC3(C2)CN(C(=O)c2cccc(O)c2)C3)n1. The molecule has 7 heteroatoms. The summed E-state index contributed by atoms with van der Waals surface area (Å²) in [6.45, 7) is 4.40. The molecule has 0 radical (unpaired) electrons. The Hall–Kier alpha value is -2.67. The van der Waals surface area contributed by atoms with E-state index in [1.165, 1.54) is 6.07 Å². The van der Waals surface area contributed by atoms with Gasteiger partial charge >= 0.3 is 0 Å². The summed E-state index contributed by atoms with van der Waals surface area (Å²) >= 11 is 0. The van der Waals surface area contributed by atoms with Crippen LogP contribution in [-0.4, -0.2) is 57.8 Å². The van der Waals surface area contributed by atoms with Gasteiger partial charge in [-0.2, -0.15) is 0 Å². The smallest absolute Gasteiger partial charge is 0.254 e. The first-order valence-corrected chi connectivity index (χ1v) is 9.67. The van der Waals surface area contributed by atoms with Gasteiger partial charge in [0.1, 0.15) is 11.4 Å². The first kappa shape index (κ1) is 18.7. The lowest BCUT2D eigenvalue weighted by Gasteiger charge is -2.53. The molecule has 1 aromatic carbocycles. The second kappa shape index (κ2) is 7.75. The zero-order valence-corrected chi connectivity index (χ0v) is 16.0. The molecule has 2 fully saturated rings. The van der Waals surface area contributed by atoms with E-state index in [-0.39, 0.29) is 17.3 Å². The van der Waals surface area contributed by atoms with Gasteiger partial charge in [0.15, 0.2) is 0 Å². The minimum absolute atomic E-state index is 0.0615. The van der Waals surface area contributed by atoms with E-state index < -0.39 is 0 Å². The molecule has 0 unspecified atom stereocenters. The van der Waals surface area contributed by atoms with Crippen molar-refractivity contribution in [3.8, 4) is 11.6 Å². The van der Waals surface area contributed by atoms with Gasteiger partial charge in [-0.25, -0.2) is 4.98 Å². The molecule has 1 N–H and O–H groups in total. The van der Waals surface area contributed by atoms with Crippen LogP contribution in [0.2, 0.25) is 0 Å². The van der Waals surface area contributed by atoms with Crippen LogP contribution < -0.4 is 4.74 Å². The lowest BCUT2D eigenvalue weighted by atomic mass is 9.79. The van der Waals surface area contributed by atoms with Crippen LogP contribution in [0, 0.1) is 12.8 Å². The highest BCUT2D eigenvalue weighted by Gasteiger charge is 2.49. The Kier molecular flexibility index (Phi) is 5.17. The number of likely N-dealkylation sites (tertiary alicyclic amines) is 1. The lowest BCUT2D eigenvalue weighted by Crippen LogP contribution is -2.66. The van der Waals surface area contributed by atoms with Gasteiger partial charge in [0.25, 0.3) is 5.91 Å². The Balaban J connectivity index is 1.27. The molecule has 7 nitrogen and oxygen atoms in total. The van der Waals surface area contributed by atoms with Crippen molar-refractivity contribution in [1.29, 1.82) is 0 Å². The van der Waals surface area contributed by atoms with Crippen molar-refractivity contribution in [2.45, 2.75) is 31.8 Å². The zero-order valence-electron chi connectivity index (χ0n) is 16.0. The summed E-state index contributed by atoms with van der Waals surface area (Å²) in [5, 5.41) is 9.58. The highest BCUT2D eigenvalue weighted by atomic mass is 16.5. The third-order valence-electron chi connectivity index (χ3n) is 5.44. The maximum absolute atomic E-state index is 12.6. The number of phenolic OH excluding ortho intramolecular Hbond substituents is 1. The summed E-state index contributed by atoms with van der Waals surface area (Å²) in [5.41, 5.74) is 1.11. The third kappa shape index (κ3) is 4.09. The third-order valence-corrected chi connectivity index (χ3v) is 5.44. The Morgan fingerprint density at radius 1 is 1.39 bits per heavy atom. The zero-order chi connectivity index (χ0) is 19.6. The van der Waals surface area contributed by atoms with Crippen LogP contribution in [0.4, 0.5) is 0 Å². The minimum Gasteiger partial charge on any atom is -0.508 e. The van der Waals surface area contributed by atoms with Crippen LogP contribution in [0.5, 0.6) is 11.6 Å². The van der Waals surface area contributed by atoms with Gasteiger partial charge in [-0.1, -0.05) is 6.07 Å². The number of carbonyl (C=O) groups excluding carboxylic acids is 1. The van der Waals surface area contributed by atoms with Crippen LogP contribution in [0.3, 0.4) is 0 Å². The van der Waals surface area contributed by atoms with E-state index in [1.54, 1.807) is 35.5 Å². The molecule has 1 amide bonds. The van der Waals surface area contributed by atoms with Crippen molar-refractivity contribution in [1.82, 2.24) is 14.9 Å². The van der Waals surface area contributed by atoms with Crippen LogP contribution >= 0.6 is 0 Å². The molecule has 0 aliphatic carbocycles. The molecule has 2 aliphatic heterocycles. The summed E-state index contributed by atoms with van der Waals surface area (Å²) in [6, 6.07) is 6.48. The molecule has 0 saturated carbocycles. The van der Waals surface area contributed by atoms with Gasteiger partial charge in [-0.3, -0.25) is 9.78 Å². The van der Waals surface area contributed by atoms with Crippen molar-refractivity contribution < 1.29 is 19.4 Å². The van der Waals surface area contributed by atoms with Gasteiger partial charge in [0.05, 0.1) is 31.6 Å². The Morgan fingerprint density at radius 3 is 3.04 bits per heavy atom. The molecule has 3 heterocycles. The second-order valence-corrected chi connectivity index (χ2v) is 7.74. The fourth-order valence-electron chi connectivity index (χ4n) is 4.05. The average Bonchev–Trinajstić information content (AvgIpc) is 2.66. The number of aryl methyl sites for hydroxylation is 1. The predicted molar refractivity (Wildman–Crippen MR) is 102 cm³/mol. The van der Waals surface area contributed by atoms with Crippen molar-refractivity contribution in [2.75, 3.05) is 26.3 Å². The number of carbonyl (C=O) groups is 1. The number of hydrogen-bond donors (Lipinski definition) is 1. The molecule has 1 spiro atoms. The predicted octanol–water partition coefficient (Wildman–Crippen LogP) is 2.58. The van der Waals surface area contributed by atoms with Crippen LogP contribution in [-0.2, 0) is 4.74 Å². The molecule has 148 valence electrons. The van der Waals surface area contributed by atoms with Crippen LogP contribution in [0.25, 0.3) is 0 Å². The molecular weight excluding hydrogens is 358 g/mol. The van der Waals surface area contributed by atoms with Crippen molar-refractivity contribution in [2.24, 2.45) is 5.92 Å². The quantitative estimate of drug-likeness (QED) is 0.854. The highest BCUT2D eigenvalue weighted by molar-refractivity contribution is 5.95. The number of hydrogen-bond acceptors (Lipinski definition) is 6. The maximum atomic E-state index is 12.6. The molecule has 1 atom stereocenters. The number of ether oxygens (including phenoxy) is 2. The van der Waals surface area contributed by atoms with Gasteiger partial charge in [-0.15, -0.1) is 0 Å². The van der Waals surface area contributed by atoms with Crippen molar-refractivity contribution in [3.05, 3.63) is 47.9 Å². The van der Waals surface area contributed by atoms with Crippen LogP contribution in [0.1, 0.15) is 35.3 Å². The van der Waals surface area contributed by atoms with Gasteiger partial charge in [-0.05, 0) is 50.3 Å². The summed E-state index contributed by atoms with van der Waals surface area (Å²) in [6.07, 6.45) is 6.21. The van der Waals surface area contributed by atoms with E-state index in [0.29, 0.717) is 43.7 Å². The number of benzene rings is 1. The normalized spacial score (nSPS) is 20.6. The first-order valence-electron chi connectivity index (χ1n) is 9.67. The Morgan fingerprint density at radius 2 is 2.25 bits per heavy atom. The number of phenols is 1. The fourth-order valence-corrected chi connectivity index (χ4v) is 4.05. The van der Waals surface area contributed by atoms with Gasteiger partial charge in [0.2, 0.25) is 5.88 Å². The van der Waals surface area contributed by atoms with Crippen molar-refractivity contribution >= 4 is 5.91 Å². The highest BCUT2D eigenvalue weighted by Crippen LogP contribution is 2.38. The number of aromatic nitrogens is 2. The molecule has 28 heavy (non-hydrogen) atoms. The van der Waals surface area contributed by atoms with E-state index >= 15 is 0 Å². The summed E-state index contributed by atoms with van der Waals surface area (Å²) in [4.78, 5) is 22.8. The number of aromatic hydroxyl groups is 1. The molecule has 0 bridgehead atoms. The molecule has 2 aromatic rings. The topological polar surface area (TPSA) is 84.8 Å². The second-order valence-electron chi connectivity index (χ2n) is 7.74. The number of amides is 1. The minimum atomic E-state index is -0.238. The Bertz CT molecular complexity index is 851. The number of rotatable bonds is 5. The maximum Gasteiger partial charge on any atom is 0.254 e. The Labute approximate surface area is 164 Å². The average molecular weight is 383 g/mol. The first-order chi connectivity index (χ1) is 13.5. The fraction of sp³-hybridized carbons (Fsp3) is 0.476. The summed E-state index contributed by atoms with van der Waals surface area (Å²) < 4.78 is 11.8. The van der Waals surface area contributed by atoms with Crippen LogP contribution in [0.15, 0.2) is 36.7 Å². The summed E-state index contributed by atoms with van der Waals surface area (Å²) in [5.74, 6) is 1.11. The monoisotopic (exact) mass is 383 g/mol. The van der Waals surface area contributed by atoms with Gasteiger partial charge < -0.3 is 19.5 Å². The van der Waals surface area contributed by atoms with E-state index in [9.17, 15) is 9.90 Å². The standard InChI is InChI=1S/C21H25N3O4/c1-15-11-22-12-19(23-15)27-7-5-16-6-8-28-21(10-16)13-24(14-21)20(26)17-3-2-4-18(25)9-17/h2-4,9,11-12,16,25H,5-8,10,13-14H2,1H3/t16-/m0/s1. The molecule has 2 saturated heterocycles.